The number of aromatic nitrogens is 1. The standard InChI is InChI=1S/C25H29N3O4S/c1-30-19-9-7-18(8-10-19)26-25-28(15-5-14-27-13-4-6-24(27)29)22(17-33-25)21-16-20(31-2)11-12-23(21)32-3/h7-12,16-17H,4-6,13-15H2,1-3H3. The molecule has 7 nitrogen and oxygen atoms in total. The van der Waals surface area contributed by atoms with Crippen LogP contribution in [0.4, 0.5) is 5.69 Å². The van der Waals surface area contributed by atoms with Crippen LogP contribution in [0.2, 0.25) is 0 Å². The molecule has 2 aromatic carbocycles. The SMILES string of the molecule is COc1ccc(N=c2scc(-c3cc(OC)ccc3OC)n2CCCN2CCCC2=O)cc1. The summed E-state index contributed by atoms with van der Waals surface area (Å²) in [6, 6.07) is 13.5. The zero-order valence-corrected chi connectivity index (χ0v) is 20.1. The van der Waals surface area contributed by atoms with Crippen LogP contribution < -0.4 is 19.0 Å². The van der Waals surface area contributed by atoms with E-state index in [1.54, 1.807) is 32.7 Å². The number of carbonyl (C=O) groups is 1. The summed E-state index contributed by atoms with van der Waals surface area (Å²) in [7, 11) is 4.98. The van der Waals surface area contributed by atoms with E-state index in [1.165, 1.54) is 0 Å². The molecule has 1 aromatic heterocycles. The minimum absolute atomic E-state index is 0.253. The molecule has 0 bridgehead atoms. The highest BCUT2D eigenvalue weighted by molar-refractivity contribution is 7.07. The maximum Gasteiger partial charge on any atom is 0.222 e. The van der Waals surface area contributed by atoms with E-state index in [4.69, 9.17) is 19.2 Å². The lowest BCUT2D eigenvalue weighted by molar-refractivity contribution is -0.127. The average Bonchev–Trinajstić information content (AvgIpc) is 3.45. The summed E-state index contributed by atoms with van der Waals surface area (Å²) in [6.07, 6.45) is 2.46. The van der Waals surface area contributed by atoms with Gasteiger partial charge in [0.2, 0.25) is 5.91 Å². The molecule has 2 heterocycles. The Morgan fingerprint density at radius 3 is 2.39 bits per heavy atom. The number of hydrogen-bond donors (Lipinski definition) is 0. The minimum atomic E-state index is 0.253. The summed E-state index contributed by atoms with van der Waals surface area (Å²) in [6.45, 7) is 2.34. The van der Waals surface area contributed by atoms with Crippen molar-refractivity contribution in [2.24, 2.45) is 4.99 Å². The molecule has 174 valence electrons. The number of hydrogen-bond acceptors (Lipinski definition) is 6. The van der Waals surface area contributed by atoms with E-state index in [2.05, 4.69) is 9.95 Å². The Morgan fingerprint density at radius 1 is 0.970 bits per heavy atom. The lowest BCUT2D eigenvalue weighted by atomic mass is 10.1. The van der Waals surface area contributed by atoms with Gasteiger partial charge in [0.15, 0.2) is 4.80 Å². The Labute approximate surface area is 197 Å². The van der Waals surface area contributed by atoms with Crippen molar-refractivity contribution in [3.8, 4) is 28.5 Å². The van der Waals surface area contributed by atoms with Gasteiger partial charge < -0.3 is 23.7 Å². The van der Waals surface area contributed by atoms with Crippen LogP contribution in [0.1, 0.15) is 19.3 Å². The minimum Gasteiger partial charge on any atom is -0.497 e. The number of thiazole rings is 1. The topological polar surface area (TPSA) is 65.3 Å². The van der Waals surface area contributed by atoms with Gasteiger partial charge >= 0.3 is 0 Å². The molecule has 0 aliphatic carbocycles. The Morgan fingerprint density at radius 2 is 1.73 bits per heavy atom. The van der Waals surface area contributed by atoms with E-state index < -0.39 is 0 Å². The first kappa shape index (κ1) is 22.9. The van der Waals surface area contributed by atoms with Gasteiger partial charge in [-0.15, -0.1) is 11.3 Å². The van der Waals surface area contributed by atoms with Crippen LogP contribution in [0.5, 0.6) is 17.2 Å². The van der Waals surface area contributed by atoms with Crippen LogP contribution in [0.25, 0.3) is 11.3 Å². The smallest absolute Gasteiger partial charge is 0.222 e. The van der Waals surface area contributed by atoms with Crippen molar-refractivity contribution in [3.05, 3.63) is 52.6 Å². The highest BCUT2D eigenvalue weighted by Gasteiger charge is 2.20. The van der Waals surface area contributed by atoms with Gasteiger partial charge in [-0.25, -0.2) is 4.99 Å². The second-order valence-corrected chi connectivity index (χ2v) is 8.61. The highest BCUT2D eigenvalue weighted by Crippen LogP contribution is 2.34. The molecule has 0 N–H and O–H groups in total. The molecule has 1 aliphatic rings. The molecule has 0 spiro atoms. The fraction of sp³-hybridized carbons (Fsp3) is 0.360. The molecule has 1 aliphatic heterocycles. The maximum absolute atomic E-state index is 12.0. The zero-order chi connectivity index (χ0) is 23.2. The number of benzene rings is 2. The van der Waals surface area contributed by atoms with Crippen molar-refractivity contribution in [2.45, 2.75) is 25.8 Å². The number of nitrogens with zero attached hydrogens (tertiary/aromatic N) is 3. The molecule has 3 aromatic rings. The molecule has 33 heavy (non-hydrogen) atoms. The van der Waals surface area contributed by atoms with Crippen molar-refractivity contribution in [3.63, 3.8) is 0 Å². The Kier molecular flexibility index (Phi) is 7.34. The molecular weight excluding hydrogens is 438 g/mol. The number of ether oxygens (including phenoxy) is 3. The summed E-state index contributed by atoms with van der Waals surface area (Å²) in [5, 5.41) is 2.10. The monoisotopic (exact) mass is 467 g/mol. The van der Waals surface area contributed by atoms with Gasteiger partial charge in [0.25, 0.3) is 0 Å². The quantitative estimate of drug-likeness (QED) is 0.465. The van der Waals surface area contributed by atoms with E-state index in [9.17, 15) is 4.79 Å². The summed E-state index contributed by atoms with van der Waals surface area (Å²) in [5.41, 5.74) is 2.81. The second kappa shape index (κ2) is 10.6. The molecule has 1 amide bonds. The zero-order valence-electron chi connectivity index (χ0n) is 19.2. The molecule has 1 saturated heterocycles. The predicted octanol–water partition coefficient (Wildman–Crippen LogP) is 4.49. The molecule has 8 heteroatoms. The summed E-state index contributed by atoms with van der Waals surface area (Å²) >= 11 is 1.58. The van der Waals surface area contributed by atoms with Crippen molar-refractivity contribution in [1.29, 1.82) is 0 Å². The molecule has 0 atom stereocenters. The van der Waals surface area contributed by atoms with E-state index in [0.717, 1.165) is 71.5 Å². The average molecular weight is 468 g/mol. The number of carbonyl (C=O) groups excluding carboxylic acids is 1. The predicted molar refractivity (Wildman–Crippen MR) is 129 cm³/mol. The van der Waals surface area contributed by atoms with E-state index in [-0.39, 0.29) is 5.91 Å². The van der Waals surface area contributed by atoms with Gasteiger partial charge in [-0.2, -0.15) is 0 Å². The van der Waals surface area contributed by atoms with E-state index in [0.29, 0.717) is 6.42 Å². The summed E-state index contributed by atoms with van der Waals surface area (Å²) < 4.78 is 18.6. The molecule has 1 fully saturated rings. The van der Waals surface area contributed by atoms with Crippen LogP contribution >= 0.6 is 11.3 Å². The van der Waals surface area contributed by atoms with Crippen molar-refractivity contribution < 1.29 is 19.0 Å². The largest absolute Gasteiger partial charge is 0.497 e. The van der Waals surface area contributed by atoms with E-state index in [1.807, 2.05) is 47.4 Å². The van der Waals surface area contributed by atoms with Crippen molar-refractivity contribution in [1.82, 2.24) is 9.47 Å². The van der Waals surface area contributed by atoms with Crippen LogP contribution in [0.3, 0.4) is 0 Å². The lowest BCUT2D eigenvalue weighted by Crippen LogP contribution is -2.27. The normalized spacial score (nSPS) is 14.1. The Balaban J connectivity index is 1.71. The molecule has 0 radical (unpaired) electrons. The van der Waals surface area contributed by atoms with Crippen LogP contribution in [-0.4, -0.2) is 49.8 Å². The third kappa shape index (κ3) is 5.22. The Bertz CT molecular complexity index is 1170. The van der Waals surface area contributed by atoms with Gasteiger partial charge in [0.05, 0.1) is 32.7 Å². The van der Waals surface area contributed by atoms with Gasteiger partial charge in [0, 0.05) is 37.0 Å². The second-order valence-electron chi connectivity index (χ2n) is 7.77. The van der Waals surface area contributed by atoms with Crippen LogP contribution in [0, 0.1) is 0 Å². The first-order valence-electron chi connectivity index (χ1n) is 11.0. The Hall–Kier alpha value is -3.26. The van der Waals surface area contributed by atoms with Gasteiger partial charge in [0.1, 0.15) is 17.2 Å². The fourth-order valence-corrected chi connectivity index (χ4v) is 4.94. The van der Waals surface area contributed by atoms with Crippen LogP contribution in [0.15, 0.2) is 52.8 Å². The molecule has 0 unspecified atom stereocenters. The first-order valence-corrected chi connectivity index (χ1v) is 11.9. The number of likely N-dealkylation sites (tertiary alicyclic amines) is 1. The highest BCUT2D eigenvalue weighted by atomic mass is 32.1. The van der Waals surface area contributed by atoms with Crippen LogP contribution in [-0.2, 0) is 11.3 Å². The van der Waals surface area contributed by atoms with Crippen molar-refractivity contribution in [2.75, 3.05) is 34.4 Å². The lowest BCUT2D eigenvalue weighted by Gasteiger charge is -2.17. The fourth-order valence-electron chi connectivity index (χ4n) is 3.99. The van der Waals surface area contributed by atoms with Gasteiger partial charge in [-0.3, -0.25) is 4.79 Å². The maximum atomic E-state index is 12.0. The number of methoxy groups -OCH3 is 3. The van der Waals surface area contributed by atoms with Crippen molar-refractivity contribution >= 4 is 22.9 Å². The van der Waals surface area contributed by atoms with Gasteiger partial charge in [-0.05, 0) is 55.3 Å². The van der Waals surface area contributed by atoms with Gasteiger partial charge in [-0.1, -0.05) is 0 Å². The molecular formula is C25H29N3O4S. The summed E-state index contributed by atoms with van der Waals surface area (Å²) in [4.78, 5) is 19.8. The first-order chi connectivity index (χ1) is 16.1. The molecule has 4 rings (SSSR count). The third-order valence-corrected chi connectivity index (χ3v) is 6.62. The third-order valence-electron chi connectivity index (χ3n) is 5.76. The molecule has 0 saturated carbocycles. The summed E-state index contributed by atoms with van der Waals surface area (Å²) in [5.74, 6) is 2.58. The number of rotatable bonds is 9. The van der Waals surface area contributed by atoms with E-state index >= 15 is 0 Å². The number of amides is 1.